The van der Waals surface area contributed by atoms with Gasteiger partial charge in [0.05, 0.1) is 86.7 Å². The van der Waals surface area contributed by atoms with E-state index in [1.54, 1.807) is 64.8 Å². The second-order valence-electron chi connectivity index (χ2n) is 21.5. The number of benzene rings is 5. The van der Waals surface area contributed by atoms with Gasteiger partial charge in [-0.25, -0.2) is 49.8 Å². The number of hydrogen-bond acceptors (Lipinski definition) is 26. The number of aryl methyl sites for hydroxylation is 2. The predicted octanol–water partition coefficient (Wildman–Crippen LogP) is 9.26. The van der Waals surface area contributed by atoms with Gasteiger partial charge in [-0.2, -0.15) is 52.6 Å². The first kappa shape index (κ1) is 64.6. The van der Waals surface area contributed by atoms with E-state index in [0.29, 0.717) is 94.0 Å². The van der Waals surface area contributed by atoms with Gasteiger partial charge in [0.15, 0.2) is 68.4 Å². The number of methoxy groups -OCH3 is 5. The molecule has 98 heavy (non-hydrogen) atoms. The average molecular weight is 1280 g/mol. The molecule has 0 saturated heterocycles. The molecule has 0 unspecified atom stereocenters. The molecule has 0 N–H and O–H groups in total. The van der Waals surface area contributed by atoms with E-state index in [1.165, 1.54) is 18.2 Å². The Morgan fingerprint density at radius 3 is 1.27 bits per heavy atom. The van der Waals surface area contributed by atoms with Gasteiger partial charge in [-0.1, -0.05) is 35.9 Å². The van der Waals surface area contributed by atoms with Crippen LogP contribution < -0.4 is 23.7 Å². The molecule has 5 heterocycles. The Labute approximate surface area is 558 Å². The average Bonchev–Trinajstić information content (AvgIpc) is 1.70. The first-order valence-electron chi connectivity index (χ1n) is 29.1. The largest absolute Gasteiger partial charge is 0.497 e. The number of ether oxygens (including phenoxy) is 5. The van der Waals surface area contributed by atoms with Gasteiger partial charge in [0.1, 0.15) is 89.3 Å². The summed E-state index contributed by atoms with van der Waals surface area (Å²) in [6.45, 7) is 4.06. The van der Waals surface area contributed by atoms with E-state index >= 15 is 0 Å². The minimum atomic E-state index is -0.300. The topological polar surface area (TPSA) is 430 Å². The van der Waals surface area contributed by atoms with E-state index in [0.717, 1.165) is 67.3 Å². The number of nitriles is 10. The number of nitrogens with zero attached hydrogens (tertiary/aromatic N) is 20. The first-order chi connectivity index (χ1) is 47.6. The van der Waals surface area contributed by atoms with Crippen molar-refractivity contribution in [3.63, 3.8) is 0 Å². The molecule has 466 valence electrons. The van der Waals surface area contributed by atoms with Gasteiger partial charge >= 0.3 is 0 Å². The van der Waals surface area contributed by atoms with Crippen molar-refractivity contribution in [3.8, 4) is 146 Å². The maximum atomic E-state index is 12.2. The summed E-state index contributed by atoms with van der Waals surface area (Å²) in [5.41, 5.74) is 17.5. The third kappa shape index (κ3) is 11.4. The molecule has 26 nitrogen and oxygen atoms in total. The molecule has 0 saturated carbocycles. The zero-order valence-corrected chi connectivity index (χ0v) is 52.7. The number of carbonyl (C=O) groups excluding carboxylic acids is 1. The molecular formula is C72H42N20O6. The quantitative estimate of drug-likeness (QED) is 0.155. The Kier molecular flexibility index (Phi) is 17.9. The lowest BCUT2D eigenvalue weighted by Gasteiger charge is -2.11. The third-order valence-electron chi connectivity index (χ3n) is 16.2. The van der Waals surface area contributed by atoms with Crippen LogP contribution in [0.5, 0.6) is 28.7 Å². The number of rotatable bonds is 5. The standard InChI is InChI=1S/2C15H10N4O2.C14H6N4O2.2C14H8N4/c1-20-12-3-4-13(21-2)14-8(12)5-9-15(14)19-11(7-17)10(6-16)18-9;1-20-13-4-3-8-9(15(13)21-2)5-10-14(8)19-12(7-17)11(6-16)18-10;1-20-7-2-3-8-9(4-7)12-13(14(8)19)18-11(6-16)10(5-15)17-12;1-8-2-3-9-5-11-14(10(9)4-8)18-13(7-16)12(6-15)17-11;1-8-3-2-4-9-10(8)5-11-14(9)18-13(7-16)12(6-15)17-11/h2*3-4H,5H2,1-2H3;2-4H,1H3;2*2-4H,5H2,1H3. The highest BCUT2D eigenvalue weighted by Gasteiger charge is 2.34. The fraction of sp³-hybridized carbons (Fsp3) is 0.153. The SMILES string of the molecule is COc1ccc(OC)c2c1Cc1nc(C#N)c(C#N)nc1-2.COc1ccc2c(c1)-c1nc(C#N)c(C#N)nc1C2=O.COc1ccc2c(c1OC)Cc1nc(C#N)c(C#N)nc1-2.Cc1ccc2c(c1)-c1nc(C#N)c(C#N)nc1C2.Cc1cccc2c1Cc1nc(C#N)c(C#N)nc1-2. The summed E-state index contributed by atoms with van der Waals surface area (Å²) in [6, 6.07) is 43.2. The molecule has 5 aliphatic rings. The van der Waals surface area contributed by atoms with Crippen LogP contribution >= 0.6 is 0 Å². The van der Waals surface area contributed by atoms with Gasteiger partial charge in [0.2, 0.25) is 5.78 Å². The van der Waals surface area contributed by atoms with E-state index in [-0.39, 0.29) is 68.4 Å². The molecule has 15 rings (SSSR count). The van der Waals surface area contributed by atoms with Gasteiger partial charge in [-0.3, -0.25) is 4.79 Å². The van der Waals surface area contributed by atoms with Gasteiger partial charge in [-0.15, -0.1) is 0 Å². The van der Waals surface area contributed by atoms with Crippen molar-refractivity contribution < 1.29 is 28.5 Å². The molecule has 0 aliphatic heterocycles. The van der Waals surface area contributed by atoms with Gasteiger partial charge < -0.3 is 23.7 Å². The molecule has 5 aromatic carbocycles. The Balaban J connectivity index is 0.000000124. The lowest BCUT2D eigenvalue weighted by molar-refractivity contribution is 0.103. The van der Waals surface area contributed by atoms with Crippen molar-refractivity contribution >= 4 is 5.78 Å². The van der Waals surface area contributed by atoms with Crippen molar-refractivity contribution in [1.82, 2.24) is 49.8 Å². The molecule has 0 bridgehead atoms. The minimum absolute atomic E-state index is 0.0222. The monoisotopic (exact) mass is 1280 g/mol. The number of ketones is 1. The fourth-order valence-corrected chi connectivity index (χ4v) is 11.7. The van der Waals surface area contributed by atoms with Crippen LogP contribution in [0.25, 0.3) is 56.3 Å². The summed E-state index contributed by atoms with van der Waals surface area (Å²) < 4.78 is 26.5. The summed E-state index contributed by atoms with van der Waals surface area (Å²) in [7, 11) is 7.83. The van der Waals surface area contributed by atoms with E-state index in [2.05, 4.69) is 49.8 Å². The summed E-state index contributed by atoms with van der Waals surface area (Å²) in [4.78, 5) is 54.4. The zero-order valence-electron chi connectivity index (χ0n) is 52.7. The molecule has 10 aromatic rings. The third-order valence-corrected chi connectivity index (χ3v) is 16.2. The minimum Gasteiger partial charge on any atom is -0.497 e. The molecule has 0 spiro atoms. The highest BCUT2D eigenvalue weighted by Crippen LogP contribution is 2.47. The predicted molar refractivity (Wildman–Crippen MR) is 341 cm³/mol. The van der Waals surface area contributed by atoms with E-state index in [9.17, 15) is 4.79 Å². The fourth-order valence-electron chi connectivity index (χ4n) is 11.7. The maximum absolute atomic E-state index is 12.2. The van der Waals surface area contributed by atoms with Crippen molar-refractivity contribution in [2.24, 2.45) is 0 Å². The first-order valence-corrected chi connectivity index (χ1v) is 29.1. The lowest BCUT2D eigenvalue weighted by Crippen LogP contribution is -2.04. The van der Waals surface area contributed by atoms with E-state index in [1.807, 2.05) is 117 Å². The Hall–Kier alpha value is -14.9. The van der Waals surface area contributed by atoms with Crippen LogP contribution in [0, 0.1) is 127 Å². The summed E-state index contributed by atoms with van der Waals surface area (Å²) in [6.07, 6.45) is 2.36. The number of carbonyl (C=O) groups is 1. The van der Waals surface area contributed by atoms with Gasteiger partial charge in [-0.05, 0) is 79.1 Å². The van der Waals surface area contributed by atoms with Crippen LogP contribution in [0.3, 0.4) is 0 Å². The lowest BCUT2D eigenvalue weighted by atomic mass is 10.0. The normalized spacial score (nSPS) is 11.2. The number of fused-ring (bicyclic) bond motifs is 15. The van der Waals surface area contributed by atoms with Crippen molar-refractivity contribution in [1.29, 1.82) is 52.6 Å². The molecule has 26 heteroatoms. The Morgan fingerprint density at radius 2 is 0.755 bits per heavy atom. The molecule has 0 fully saturated rings. The molecule has 0 amide bonds. The molecule has 5 aromatic heterocycles. The smallest absolute Gasteiger partial charge is 0.214 e. The summed E-state index contributed by atoms with van der Waals surface area (Å²) in [5.74, 6) is 2.90. The highest BCUT2D eigenvalue weighted by atomic mass is 16.5. The summed E-state index contributed by atoms with van der Waals surface area (Å²) >= 11 is 0. The van der Waals surface area contributed by atoms with E-state index < -0.39 is 0 Å². The number of aromatic nitrogens is 10. The van der Waals surface area contributed by atoms with Crippen LogP contribution in [0.2, 0.25) is 0 Å². The van der Waals surface area contributed by atoms with Crippen LogP contribution in [-0.4, -0.2) is 91.2 Å². The molecule has 5 aliphatic carbocycles. The van der Waals surface area contributed by atoms with E-state index in [4.69, 9.17) is 76.3 Å². The summed E-state index contributed by atoms with van der Waals surface area (Å²) in [5, 5.41) is 90.0. The van der Waals surface area contributed by atoms with Crippen molar-refractivity contribution in [2.45, 2.75) is 39.5 Å². The molecule has 0 atom stereocenters. The van der Waals surface area contributed by atoms with Crippen LogP contribution in [0.1, 0.15) is 129 Å². The van der Waals surface area contributed by atoms with Crippen molar-refractivity contribution in [2.75, 3.05) is 35.5 Å². The Bertz CT molecular complexity index is 5580. The molecule has 0 radical (unpaired) electrons. The van der Waals surface area contributed by atoms with Crippen molar-refractivity contribution in [3.05, 3.63) is 203 Å². The Morgan fingerprint density at radius 1 is 0.337 bits per heavy atom. The van der Waals surface area contributed by atoms with Gasteiger partial charge in [0.25, 0.3) is 0 Å². The van der Waals surface area contributed by atoms with Crippen LogP contribution in [0.4, 0.5) is 0 Å². The van der Waals surface area contributed by atoms with Crippen LogP contribution in [0.15, 0.2) is 78.9 Å². The molecular weight excluding hydrogens is 1240 g/mol. The second-order valence-corrected chi connectivity index (χ2v) is 21.5. The maximum Gasteiger partial charge on any atom is 0.214 e. The number of hydrogen-bond donors (Lipinski definition) is 0. The van der Waals surface area contributed by atoms with Gasteiger partial charge in [0, 0.05) is 64.6 Å². The second kappa shape index (κ2) is 27.1. The highest BCUT2D eigenvalue weighted by molar-refractivity contribution is 6.20. The van der Waals surface area contributed by atoms with Crippen LogP contribution in [-0.2, 0) is 25.7 Å². The zero-order chi connectivity index (χ0) is 69.6.